The van der Waals surface area contributed by atoms with Gasteiger partial charge in [0.15, 0.2) is 6.10 Å². The van der Waals surface area contributed by atoms with E-state index in [1.54, 1.807) is 13.0 Å². The van der Waals surface area contributed by atoms with Crippen molar-refractivity contribution in [1.82, 2.24) is 0 Å². The fourth-order valence-corrected chi connectivity index (χ4v) is 1.57. The summed E-state index contributed by atoms with van der Waals surface area (Å²) < 4.78 is 10.7. The van der Waals surface area contributed by atoms with Crippen LogP contribution in [0.25, 0.3) is 0 Å². The summed E-state index contributed by atoms with van der Waals surface area (Å²) in [6, 6.07) is 0. The van der Waals surface area contributed by atoms with Crippen molar-refractivity contribution >= 4 is 0 Å². The molecule has 0 aliphatic carbocycles. The van der Waals surface area contributed by atoms with E-state index in [1.807, 2.05) is 0 Å². The van der Waals surface area contributed by atoms with Gasteiger partial charge >= 0.3 is 0 Å². The van der Waals surface area contributed by atoms with Crippen molar-refractivity contribution in [2.24, 2.45) is 0 Å². The molecule has 98 valence electrons. The summed E-state index contributed by atoms with van der Waals surface area (Å²) in [5, 5.41) is 28.3. The first-order valence-corrected chi connectivity index (χ1v) is 5.70. The molecule has 0 saturated heterocycles. The van der Waals surface area contributed by atoms with Gasteiger partial charge in [0.1, 0.15) is 12.2 Å². The maximum atomic E-state index is 9.73. The molecule has 3 atom stereocenters. The van der Waals surface area contributed by atoms with E-state index in [0.717, 1.165) is 12.8 Å². The highest BCUT2D eigenvalue weighted by Gasteiger charge is 2.36. The van der Waals surface area contributed by atoms with Gasteiger partial charge < -0.3 is 24.8 Å². The van der Waals surface area contributed by atoms with Gasteiger partial charge in [-0.25, -0.2) is 0 Å². The van der Waals surface area contributed by atoms with Gasteiger partial charge in [-0.3, -0.25) is 0 Å². The Balaban J connectivity index is 2.59. The van der Waals surface area contributed by atoms with Crippen LogP contribution in [0.15, 0.2) is 24.2 Å². The summed E-state index contributed by atoms with van der Waals surface area (Å²) in [6.45, 7) is 5.31. The molecule has 5 heteroatoms. The number of allylic oxidation sites excluding steroid dienone is 1. The van der Waals surface area contributed by atoms with Crippen LogP contribution in [0.2, 0.25) is 0 Å². The third-order valence-corrected chi connectivity index (χ3v) is 2.69. The Labute approximate surface area is 101 Å². The van der Waals surface area contributed by atoms with Crippen molar-refractivity contribution in [3.05, 3.63) is 24.2 Å². The number of hydrogen-bond donors (Lipinski definition) is 3. The molecular formula is C12H20O5. The molecule has 5 nitrogen and oxygen atoms in total. The van der Waals surface area contributed by atoms with E-state index in [0.29, 0.717) is 12.2 Å². The lowest BCUT2D eigenvalue weighted by molar-refractivity contribution is -0.133. The minimum Gasteiger partial charge on any atom is -0.465 e. The zero-order valence-electron chi connectivity index (χ0n) is 10.0. The molecule has 3 N–H and O–H groups in total. The third kappa shape index (κ3) is 3.46. The fraction of sp³-hybridized carbons (Fsp3) is 0.667. The van der Waals surface area contributed by atoms with E-state index in [-0.39, 0.29) is 12.6 Å². The standard InChI is InChI=1S/C12H20O5/c1-3-4-5-6-16-12-8(2)10(14)11(15)9(7-13)17-12/h3,9-11,13-15H,1,4-7H2,2H3/t9?,10-,11?/m1/s1. The van der Waals surface area contributed by atoms with Gasteiger partial charge in [0.25, 0.3) is 5.95 Å². The fourth-order valence-electron chi connectivity index (χ4n) is 1.57. The lowest BCUT2D eigenvalue weighted by Crippen LogP contribution is -2.46. The Bertz CT molecular complexity index is 287. The third-order valence-electron chi connectivity index (χ3n) is 2.69. The maximum absolute atomic E-state index is 9.73. The smallest absolute Gasteiger partial charge is 0.281 e. The van der Waals surface area contributed by atoms with Crippen LogP contribution in [-0.2, 0) is 9.47 Å². The van der Waals surface area contributed by atoms with Gasteiger partial charge in [-0.15, -0.1) is 6.58 Å². The molecule has 2 unspecified atom stereocenters. The van der Waals surface area contributed by atoms with Crippen LogP contribution < -0.4 is 0 Å². The van der Waals surface area contributed by atoms with Gasteiger partial charge in [-0.2, -0.15) is 0 Å². The molecule has 17 heavy (non-hydrogen) atoms. The number of ether oxygens (including phenoxy) is 2. The van der Waals surface area contributed by atoms with Crippen molar-refractivity contribution < 1.29 is 24.8 Å². The monoisotopic (exact) mass is 244 g/mol. The second kappa shape index (κ2) is 6.64. The molecule has 0 fully saturated rings. The summed E-state index contributed by atoms with van der Waals surface area (Å²) >= 11 is 0. The number of aliphatic hydroxyl groups is 3. The normalized spacial score (nSPS) is 28.8. The summed E-state index contributed by atoms with van der Waals surface area (Å²) in [5.41, 5.74) is 0.445. The number of aliphatic hydroxyl groups excluding tert-OH is 3. The Kier molecular flexibility index (Phi) is 5.47. The van der Waals surface area contributed by atoms with E-state index in [2.05, 4.69) is 6.58 Å². The quantitative estimate of drug-likeness (QED) is 0.463. The molecular weight excluding hydrogens is 224 g/mol. The highest BCUT2D eigenvalue weighted by Crippen LogP contribution is 2.25. The molecule has 1 heterocycles. The van der Waals surface area contributed by atoms with E-state index < -0.39 is 18.3 Å². The van der Waals surface area contributed by atoms with Crippen LogP contribution in [0.5, 0.6) is 0 Å². The first kappa shape index (κ1) is 14.0. The van der Waals surface area contributed by atoms with E-state index in [1.165, 1.54) is 0 Å². The first-order chi connectivity index (χ1) is 8.11. The molecule has 1 aliphatic rings. The van der Waals surface area contributed by atoms with Gasteiger partial charge in [0.05, 0.1) is 13.2 Å². The molecule has 0 amide bonds. The maximum Gasteiger partial charge on any atom is 0.281 e. The van der Waals surface area contributed by atoms with Crippen molar-refractivity contribution in [3.63, 3.8) is 0 Å². The molecule has 0 aromatic heterocycles. The SMILES string of the molecule is C=CCCCOC1=C(C)[C@@H](O)C(O)C(CO)O1. The molecule has 0 aromatic carbocycles. The second-order valence-corrected chi connectivity index (χ2v) is 4.02. The lowest BCUT2D eigenvalue weighted by atomic mass is 10.00. The highest BCUT2D eigenvalue weighted by molar-refractivity contribution is 5.13. The predicted octanol–water partition coefficient (Wildman–Crippen LogP) is 0.314. The summed E-state index contributed by atoms with van der Waals surface area (Å²) in [4.78, 5) is 0. The van der Waals surface area contributed by atoms with Gasteiger partial charge in [0.2, 0.25) is 0 Å². The number of unbranched alkanes of at least 4 members (excludes halogenated alkanes) is 1. The molecule has 0 saturated carbocycles. The van der Waals surface area contributed by atoms with Crippen LogP contribution >= 0.6 is 0 Å². The predicted molar refractivity (Wildman–Crippen MR) is 62.1 cm³/mol. The Morgan fingerprint density at radius 2 is 2.18 bits per heavy atom. The van der Waals surface area contributed by atoms with Crippen molar-refractivity contribution in [2.75, 3.05) is 13.2 Å². The largest absolute Gasteiger partial charge is 0.465 e. The van der Waals surface area contributed by atoms with Crippen LogP contribution in [0.3, 0.4) is 0 Å². The number of hydrogen-bond acceptors (Lipinski definition) is 5. The summed E-state index contributed by atoms with van der Waals surface area (Å²) in [6.07, 6.45) is 0.396. The topological polar surface area (TPSA) is 79.2 Å². The molecule has 1 rings (SSSR count). The Morgan fingerprint density at radius 3 is 2.76 bits per heavy atom. The van der Waals surface area contributed by atoms with Crippen LogP contribution in [-0.4, -0.2) is 46.8 Å². The molecule has 0 radical (unpaired) electrons. The summed E-state index contributed by atoms with van der Waals surface area (Å²) in [7, 11) is 0. The molecule has 0 spiro atoms. The molecule has 1 aliphatic heterocycles. The zero-order chi connectivity index (χ0) is 12.8. The van der Waals surface area contributed by atoms with Crippen LogP contribution in [0.4, 0.5) is 0 Å². The minimum absolute atomic E-state index is 0.200. The Morgan fingerprint density at radius 1 is 1.47 bits per heavy atom. The van der Waals surface area contributed by atoms with E-state index in [4.69, 9.17) is 14.6 Å². The van der Waals surface area contributed by atoms with E-state index >= 15 is 0 Å². The minimum atomic E-state index is -1.12. The first-order valence-electron chi connectivity index (χ1n) is 5.70. The van der Waals surface area contributed by atoms with Crippen LogP contribution in [0, 0.1) is 0 Å². The Hall–Kier alpha value is -1.04. The second-order valence-electron chi connectivity index (χ2n) is 4.02. The van der Waals surface area contributed by atoms with E-state index in [9.17, 15) is 10.2 Å². The average molecular weight is 244 g/mol. The summed E-state index contributed by atoms with van der Waals surface area (Å²) in [5.74, 6) is 0.200. The molecule has 0 bridgehead atoms. The van der Waals surface area contributed by atoms with Crippen LogP contribution in [0.1, 0.15) is 19.8 Å². The van der Waals surface area contributed by atoms with Gasteiger partial charge in [-0.05, 0) is 19.8 Å². The van der Waals surface area contributed by atoms with Crippen molar-refractivity contribution in [3.8, 4) is 0 Å². The zero-order valence-corrected chi connectivity index (χ0v) is 10.0. The van der Waals surface area contributed by atoms with Crippen molar-refractivity contribution in [1.29, 1.82) is 0 Å². The average Bonchev–Trinajstić information content (AvgIpc) is 2.34. The van der Waals surface area contributed by atoms with Crippen molar-refractivity contribution in [2.45, 2.75) is 38.1 Å². The molecule has 0 aromatic rings. The van der Waals surface area contributed by atoms with Gasteiger partial charge in [0, 0.05) is 5.57 Å². The van der Waals surface area contributed by atoms with Gasteiger partial charge in [-0.1, -0.05) is 6.08 Å². The number of rotatable bonds is 6. The lowest BCUT2D eigenvalue weighted by Gasteiger charge is -2.33. The highest BCUT2D eigenvalue weighted by atomic mass is 16.7.